The van der Waals surface area contributed by atoms with Gasteiger partial charge in [-0.05, 0) is 43.9 Å². The molecular formula is C14H18O. The van der Waals surface area contributed by atoms with E-state index >= 15 is 0 Å². The van der Waals surface area contributed by atoms with Gasteiger partial charge in [-0.25, -0.2) is 0 Å². The van der Waals surface area contributed by atoms with E-state index in [4.69, 9.17) is 0 Å². The smallest absolute Gasteiger partial charge is 0.165 e. The van der Waals surface area contributed by atoms with Gasteiger partial charge in [0, 0.05) is 11.5 Å². The summed E-state index contributed by atoms with van der Waals surface area (Å²) < 4.78 is 0. The number of Topliss-reactive ketones (excluding diaryl/α,β-unsaturated/α-hetero) is 1. The lowest BCUT2D eigenvalue weighted by Gasteiger charge is -2.09. The molecule has 0 bridgehead atoms. The highest BCUT2D eigenvalue weighted by atomic mass is 16.1. The molecule has 0 aliphatic heterocycles. The lowest BCUT2D eigenvalue weighted by molar-refractivity contribution is 0.0923. The summed E-state index contributed by atoms with van der Waals surface area (Å²) in [5, 5.41) is 0. The average molecular weight is 202 g/mol. The molecule has 1 aliphatic carbocycles. The number of carbonyl (C=O) groups excluding carboxylic acids is 1. The van der Waals surface area contributed by atoms with E-state index in [1.54, 1.807) is 0 Å². The minimum absolute atomic E-state index is 0.298. The summed E-state index contributed by atoms with van der Waals surface area (Å²) in [4.78, 5) is 12.1. The summed E-state index contributed by atoms with van der Waals surface area (Å²) in [5.74, 6) is 0.655. The second kappa shape index (κ2) is 4.18. The van der Waals surface area contributed by atoms with Crippen molar-refractivity contribution in [2.75, 3.05) is 0 Å². The topological polar surface area (TPSA) is 17.1 Å². The standard InChI is InChI=1S/C14H18O/c1-10-7-8-13(9-11(10)2)14(15)12-5-3-4-6-12/h7-9,12H,3-6H2,1-2H3. The molecule has 1 aliphatic rings. The van der Waals surface area contributed by atoms with Crippen LogP contribution in [0.1, 0.15) is 47.2 Å². The second-order valence-corrected chi connectivity index (χ2v) is 4.64. The van der Waals surface area contributed by atoms with Gasteiger partial charge in [-0.3, -0.25) is 4.79 Å². The maximum Gasteiger partial charge on any atom is 0.165 e. The fourth-order valence-electron chi connectivity index (χ4n) is 2.32. The Bertz CT molecular complexity index is 373. The van der Waals surface area contributed by atoms with E-state index in [1.165, 1.54) is 24.0 Å². The van der Waals surface area contributed by atoms with Crippen molar-refractivity contribution in [2.45, 2.75) is 39.5 Å². The number of hydrogen-bond acceptors (Lipinski definition) is 1. The Balaban J connectivity index is 2.21. The van der Waals surface area contributed by atoms with Crippen molar-refractivity contribution in [3.8, 4) is 0 Å². The van der Waals surface area contributed by atoms with Crippen molar-refractivity contribution in [1.29, 1.82) is 0 Å². The van der Waals surface area contributed by atoms with Crippen LogP contribution in [0.2, 0.25) is 0 Å². The van der Waals surface area contributed by atoms with Gasteiger partial charge < -0.3 is 0 Å². The van der Waals surface area contributed by atoms with Crippen LogP contribution >= 0.6 is 0 Å². The van der Waals surface area contributed by atoms with Gasteiger partial charge in [-0.2, -0.15) is 0 Å². The average Bonchev–Trinajstić information content (AvgIpc) is 2.74. The van der Waals surface area contributed by atoms with Crippen LogP contribution in [0, 0.1) is 19.8 Å². The molecule has 0 aromatic heterocycles. The molecule has 1 heteroatoms. The van der Waals surface area contributed by atoms with E-state index in [0.717, 1.165) is 18.4 Å². The van der Waals surface area contributed by atoms with Crippen LogP contribution < -0.4 is 0 Å². The molecule has 1 aromatic carbocycles. The van der Waals surface area contributed by atoms with E-state index in [0.29, 0.717) is 11.7 Å². The second-order valence-electron chi connectivity index (χ2n) is 4.64. The predicted molar refractivity (Wildman–Crippen MR) is 62.2 cm³/mol. The third kappa shape index (κ3) is 2.11. The minimum atomic E-state index is 0.298. The van der Waals surface area contributed by atoms with Crippen LogP contribution in [0.5, 0.6) is 0 Å². The van der Waals surface area contributed by atoms with Crippen molar-refractivity contribution < 1.29 is 4.79 Å². The molecule has 0 radical (unpaired) electrons. The number of aryl methyl sites for hydroxylation is 2. The van der Waals surface area contributed by atoms with Crippen LogP contribution in [0.4, 0.5) is 0 Å². The fourth-order valence-corrected chi connectivity index (χ4v) is 2.32. The summed E-state index contributed by atoms with van der Waals surface area (Å²) in [6.45, 7) is 4.15. The van der Waals surface area contributed by atoms with E-state index in [1.807, 2.05) is 12.1 Å². The summed E-state index contributed by atoms with van der Waals surface area (Å²) in [5.41, 5.74) is 3.39. The van der Waals surface area contributed by atoms with Crippen molar-refractivity contribution in [3.63, 3.8) is 0 Å². The molecule has 1 nitrogen and oxygen atoms in total. The number of carbonyl (C=O) groups is 1. The van der Waals surface area contributed by atoms with E-state index in [-0.39, 0.29) is 0 Å². The number of hydrogen-bond donors (Lipinski definition) is 0. The van der Waals surface area contributed by atoms with Crippen LogP contribution in [0.25, 0.3) is 0 Å². The molecule has 0 atom stereocenters. The zero-order chi connectivity index (χ0) is 10.8. The van der Waals surface area contributed by atoms with Gasteiger partial charge in [-0.15, -0.1) is 0 Å². The number of rotatable bonds is 2. The largest absolute Gasteiger partial charge is 0.294 e. The highest BCUT2D eigenvalue weighted by Gasteiger charge is 2.23. The van der Waals surface area contributed by atoms with Crippen LogP contribution in [-0.4, -0.2) is 5.78 Å². The molecule has 0 N–H and O–H groups in total. The number of benzene rings is 1. The van der Waals surface area contributed by atoms with Gasteiger partial charge in [-0.1, -0.05) is 25.0 Å². The van der Waals surface area contributed by atoms with Gasteiger partial charge in [0.1, 0.15) is 0 Å². The van der Waals surface area contributed by atoms with Crippen molar-refractivity contribution >= 4 is 5.78 Å². The Morgan fingerprint density at radius 1 is 1.13 bits per heavy atom. The Kier molecular flexibility index (Phi) is 2.90. The molecule has 1 aromatic rings. The van der Waals surface area contributed by atoms with Gasteiger partial charge in [0.25, 0.3) is 0 Å². The molecule has 0 heterocycles. The Labute approximate surface area is 91.5 Å². The SMILES string of the molecule is Cc1ccc(C(=O)C2CCCC2)cc1C. The quantitative estimate of drug-likeness (QED) is 0.669. The molecule has 1 saturated carbocycles. The van der Waals surface area contributed by atoms with Gasteiger partial charge >= 0.3 is 0 Å². The molecule has 2 rings (SSSR count). The zero-order valence-electron chi connectivity index (χ0n) is 9.55. The Morgan fingerprint density at radius 3 is 2.40 bits per heavy atom. The Hall–Kier alpha value is -1.11. The summed E-state index contributed by atoms with van der Waals surface area (Å²) in [6, 6.07) is 6.07. The lowest BCUT2D eigenvalue weighted by Crippen LogP contribution is -2.11. The summed E-state index contributed by atoms with van der Waals surface area (Å²) >= 11 is 0. The maximum atomic E-state index is 12.1. The first kappa shape index (κ1) is 10.4. The van der Waals surface area contributed by atoms with Crippen molar-refractivity contribution in [3.05, 3.63) is 34.9 Å². The van der Waals surface area contributed by atoms with Gasteiger partial charge in [0.2, 0.25) is 0 Å². The van der Waals surface area contributed by atoms with E-state index < -0.39 is 0 Å². The monoisotopic (exact) mass is 202 g/mol. The third-order valence-corrected chi connectivity index (χ3v) is 3.52. The van der Waals surface area contributed by atoms with Crippen LogP contribution in [0.3, 0.4) is 0 Å². The predicted octanol–water partition coefficient (Wildman–Crippen LogP) is 3.68. The zero-order valence-corrected chi connectivity index (χ0v) is 9.55. The molecule has 0 amide bonds. The molecule has 0 saturated heterocycles. The van der Waals surface area contributed by atoms with Crippen LogP contribution in [0.15, 0.2) is 18.2 Å². The molecule has 0 spiro atoms. The first-order valence-corrected chi connectivity index (χ1v) is 5.80. The highest BCUT2D eigenvalue weighted by Crippen LogP contribution is 2.28. The van der Waals surface area contributed by atoms with Gasteiger partial charge in [0.05, 0.1) is 0 Å². The highest BCUT2D eigenvalue weighted by molar-refractivity contribution is 5.98. The number of ketones is 1. The molecule has 1 fully saturated rings. The van der Waals surface area contributed by atoms with E-state index in [2.05, 4.69) is 19.9 Å². The Morgan fingerprint density at radius 2 is 1.80 bits per heavy atom. The molecule has 15 heavy (non-hydrogen) atoms. The molecule has 80 valence electrons. The first-order valence-electron chi connectivity index (χ1n) is 5.80. The van der Waals surface area contributed by atoms with E-state index in [9.17, 15) is 4.79 Å². The lowest BCUT2D eigenvalue weighted by atomic mass is 9.94. The summed E-state index contributed by atoms with van der Waals surface area (Å²) in [7, 11) is 0. The molecular weight excluding hydrogens is 184 g/mol. The minimum Gasteiger partial charge on any atom is -0.294 e. The van der Waals surface area contributed by atoms with Crippen LogP contribution in [-0.2, 0) is 0 Å². The maximum absolute atomic E-state index is 12.1. The van der Waals surface area contributed by atoms with Gasteiger partial charge in [0.15, 0.2) is 5.78 Å². The summed E-state index contributed by atoms with van der Waals surface area (Å²) in [6.07, 6.45) is 4.63. The fraction of sp³-hybridized carbons (Fsp3) is 0.500. The first-order chi connectivity index (χ1) is 7.18. The van der Waals surface area contributed by atoms with Crippen molar-refractivity contribution in [2.24, 2.45) is 5.92 Å². The molecule has 0 unspecified atom stereocenters. The third-order valence-electron chi connectivity index (χ3n) is 3.52. The normalized spacial score (nSPS) is 16.9. The van der Waals surface area contributed by atoms with Crippen molar-refractivity contribution in [1.82, 2.24) is 0 Å².